The van der Waals surface area contributed by atoms with E-state index in [9.17, 15) is 0 Å². The Balaban J connectivity index is 3.47. The first-order valence-corrected chi connectivity index (χ1v) is 3.75. The largest absolute Gasteiger partial charge is 0.344 e. The van der Waals surface area contributed by atoms with Crippen molar-refractivity contribution in [1.82, 2.24) is 0 Å². The third-order valence-electron chi connectivity index (χ3n) is 0.580. The number of hydrogen-bond acceptors (Lipinski definition) is 3. The molecular weight excluding hydrogens is 141 g/mol. The van der Waals surface area contributed by atoms with Gasteiger partial charge >= 0.3 is 0 Å². The second-order valence-corrected chi connectivity index (χ2v) is 3.50. The van der Waals surface area contributed by atoms with Gasteiger partial charge in [-0.3, -0.25) is 0 Å². The van der Waals surface area contributed by atoms with Crippen molar-refractivity contribution >= 4 is 8.38 Å². The molecule has 0 aromatic heterocycles. The zero-order chi connectivity index (χ0) is 7.49. The topological polar surface area (TPSA) is 49.7 Å². The zero-order valence-electron chi connectivity index (χ0n) is 5.48. The van der Waals surface area contributed by atoms with Crippen LogP contribution in [0.3, 0.4) is 0 Å². The van der Waals surface area contributed by atoms with Crippen molar-refractivity contribution in [2.45, 2.75) is 0 Å². The summed E-state index contributed by atoms with van der Waals surface area (Å²) in [5, 5.41) is 7.91. The Morgan fingerprint density at radius 2 is 2.11 bits per heavy atom. The Labute approximate surface area is 56.1 Å². The number of hydrogen-bond donors (Lipinski definition) is 2. The summed E-state index contributed by atoms with van der Waals surface area (Å²) in [6.45, 7) is 0. The fraction of sp³-hybridized carbons (Fsp3) is 0.750. The van der Waals surface area contributed by atoms with E-state index < -0.39 is 8.38 Å². The summed E-state index contributed by atoms with van der Waals surface area (Å²) >= 11 is 0. The first-order chi connectivity index (χ1) is 3.95. The van der Waals surface area contributed by atoms with E-state index in [2.05, 4.69) is 4.67 Å². The highest BCUT2D eigenvalue weighted by Gasteiger charge is 2.17. The normalized spacial score (nSPS) is 15.7. The average Bonchev–Trinajstić information content (AvgIpc) is 1.62. The van der Waals surface area contributed by atoms with Crippen LogP contribution in [0, 0.1) is 7.05 Å². The molecule has 0 spiro atoms. The fourth-order valence-corrected chi connectivity index (χ4v) is 1.01. The summed E-state index contributed by atoms with van der Waals surface area (Å²) < 4.78 is 3.74. The third-order valence-corrected chi connectivity index (χ3v) is 1.74. The van der Waals surface area contributed by atoms with Crippen molar-refractivity contribution in [2.24, 2.45) is 0 Å². The van der Waals surface area contributed by atoms with Crippen LogP contribution in [0.25, 0.3) is 0 Å². The monoisotopic (exact) mass is 152 g/mol. The Kier molecular flexibility index (Phi) is 3.54. The Morgan fingerprint density at radius 1 is 1.67 bits per heavy atom. The van der Waals surface area contributed by atoms with E-state index in [0.29, 0.717) is 0 Å². The Hall–Kier alpha value is 0.270. The Morgan fingerprint density at radius 3 is 2.22 bits per heavy atom. The summed E-state index contributed by atoms with van der Waals surface area (Å²) in [5.41, 5.74) is 0. The molecule has 5 heteroatoms. The summed E-state index contributed by atoms with van der Waals surface area (Å²) in [4.78, 5) is 8.69. The van der Waals surface area contributed by atoms with Crippen molar-refractivity contribution in [2.75, 3.05) is 20.4 Å². The van der Waals surface area contributed by atoms with Crippen molar-refractivity contribution in [3.8, 4) is 0 Å². The minimum Gasteiger partial charge on any atom is -0.344 e. The number of nitrogens with zero attached hydrogens (tertiary/aromatic N) is 1. The molecule has 0 aromatic rings. The molecule has 0 aliphatic carbocycles. The van der Waals surface area contributed by atoms with Crippen LogP contribution in [0.4, 0.5) is 0 Å². The number of quaternary nitrogens is 1. The Bertz CT molecular complexity index is 82.4. The smallest absolute Gasteiger partial charge is 0.263 e. The second-order valence-electron chi connectivity index (χ2n) is 2.35. The van der Waals surface area contributed by atoms with Crippen LogP contribution in [0.15, 0.2) is 0 Å². The molecule has 0 aliphatic heterocycles. The average molecular weight is 152 g/mol. The maximum Gasteiger partial charge on any atom is 0.263 e. The van der Waals surface area contributed by atoms with E-state index in [1.54, 1.807) is 14.1 Å². The molecule has 54 valence electrons. The molecule has 0 amide bonds. The van der Waals surface area contributed by atoms with Crippen LogP contribution in [0.2, 0.25) is 0 Å². The van der Waals surface area contributed by atoms with E-state index >= 15 is 0 Å². The predicted octanol–water partition coefficient (Wildman–Crippen LogP) is 0.483. The van der Waals surface area contributed by atoms with Gasteiger partial charge in [0.2, 0.25) is 7.05 Å². The molecule has 0 aromatic carbocycles. The summed E-state index contributed by atoms with van der Waals surface area (Å²) in [7, 11) is 7.02. The zero-order valence-corrected chi connectivity index (χ0v) is 6.38. The van der Waals surface area contributed by atoms with Crippen molar-refractivity contribution in [3.63, 3.8) is 0 Å². The lowest BCUT2D eigenvalue weighted by molar-refractivity contribution is -0.833. The number of rotatable bonds is 3. The first-order valence-electron chi connectivity index (χ1n) is 2.35. The lowest BCUT2D eigenvalue weighted by atomic mass is 10.8. The molecule has 0 saturated carbocycles. The molecule has 0 rings (SSSR count). The fourth-order valence-electron chi connectivity index (χ4n) is 0.338. The van der Waals surface area contributed by atoms with Gasteiger partial charge in [0.1, 0.15) is 0 Å². The van der Waals surface area contributed by atoms with E-state index in [0.717, 1.165) is 0 Å². The van der Waals surface area contributed by atoms with Crippen molar-refractivity contribution in [1.29, 1.82) is 0 Å². The molecule has 0 heterocycles. The van der Waals surface area contributed by atoms with Gasteiger partial charge in [-0.2, -0.15) is 4.67 Å². The second kappa shape index (κ2) is 3.44. The van der Waals surface area contributed by atoms with Gasteiger partial charge in [-0.05, 0) is 0 Å². The maximum absolute atomic E-state index is 8.69. The van der Waals surface area contributed by atoms with Crippen LogP contribution in [-0.4, -0.2) is 35.0 Å². The first kappa shape index (κ1) is 9.27. The molecular formula is C4H11NO3P+. The van der Waals surface area contributed by atoms with Gasteiger partial charge in [0.05, 0.1) is 14.1 Å². The summed E-state index contributed by atoms with van der Waals surface area (Å²) in [5.74, 6) is 0. The molecule has 0 bridgehead atoms. The summed E-state index contributed by atoms with van der Waals surface area (Å²) in [6.07, 6.45) is 0.214. The molecule has 0 fully saturated rings. The van der Waals surface area contributed by atoms with Gasteiger partial charge in [0.25, 0.3) is 8.38 Å². The lowest BCUT2D eigenvalue weighted by Gasteiger charge is -2.22. The highest BCUT2D eigenvalue weighted by Crippen LogP contribution is 2.31. The van der Waals surface area contributed by atoms with E-state index in [1.807, 2.05) is 0 Å². The molecule has 0 saturated heterocycles. The van der Waals surface area contributed by atoms with Crippen LogP contribution in [0.1, 0.15) is 0 Å². The molecule has 9 heavy (non-hydrogen) atoms. The van der Waals surface area contributed by atoms with E-state index in [4.69, 9.17) is 17.2 Å². The third kappa shape index (κ3) is 6.15. The maximum atomic E-state index is 8.69. The van der Waals surface area contributed by atoms with E-state index in [-0.39, 0.29) is 10.8 Å². The van der Waals surface area contributed by atoms with Crippen LogP contribution in [0.5, 0.6) is 0 Å². The van der Waals surface area contributed by atoms with Crippen molar-refractivity contribution in [3.05, 3.63) is 7.05 Å². The molecule has 2 N–H and O–H groups in total. The quantitative estimate of drug-likeness (QED) is 0.267. The molecule has 2 radical (unpaired) electrons. The summed E-state index contributed by atoms with van der Waals surface area (Å²) in [6, 6.07) is 0. The predicted molar refractivity (Wildman–Crippen MR) is 34.1 cm³/mol. The van der Waals surface area contributed by atoms with Gasteiger partial charge in [-0.25, -0.2) is 5.26 Å². The highest BCUT2D eigenvalue weighted by molar-refractivity contribution is 7.45. The van der Waals surface area contributed by atoms with Crippen LogP contribution >= 0.6 is 8.38 Å². The standard InChI is InChI=1S/C4H11NO3P/c1-5(2,3)4-9(7)8-6/h1,6-7H,4H2,2-3H3/q+1. The SMILES string of the molecule is [CH][N+](C)(C)CP(O)OO. The molecule has 4 nitrogen and oxygen atoms in total. The van der Waals surface area contributed by atoms with Crippen molar-refractivity contribution < 1.29 is 19.3 Å². The van der Waals surface area contributed by atoms with Gasteiger partial charge in [-0.1, -0.05) is 0 Å². The van der Waals surface area contributed by atoms with Gasteiger partial charge in [-0.15, -0.1) is 0 Å². The highest BCUT2D eigenvalue weighted by atomic mass is 31.2. The van der Waals surface area contributed by atoms with Gasteiger partial charge in [0.15, 0.2) is 6.29 Å². The minimum atomic E-state index is -1.76. The van der Waals surface area contributed by atoms with Gasteiger partial charge in [0, 0.05) is 0 Å². The lowest BCUT2D eigenvalue weighted by Crippen LogP contribution is -2.31. The van der Waals surface area contributed by atoms with Gasteiger partial charge < -0.3 is 9.38 Å². The molecule has 1 unspecified atom stereocenters. The molecule has 0 aliphatic rings. The minimum absolute atomic E-state index is 0.0861. The molecule has 1 atom stereocenters. The van der Waals surface area contributed by atoms with Crippen LogP contribution in [-0.2, 0) is 4.67 Å². The van der Waals surface area contributed by atoms with Crippen LogP contribution < -0.4 is 0 Å². The van der Waals surface area contributed by atoms with E-state index in [1.165, 1.54) is 0 Å².